The summed E-state index contributed by atoms with van der Waals surface area (Å²) in [5, 5.41) is 13.5. The second-order valence-corrected chi connectivity index (χ2v) is 6.62. The molecule has 0 saturated heterocycles. The number of carbonyl (C=O) groups is 1. The Kier molecular flexibility index (Phi) is 5.96. The number of amides is 1. The van der Waals surface area contributed by atoms with Crippen LogP contribution in [0, 0.1) is 11.3 Å². The van der Waals surface area contributed by atoms with Crippen molar-refractivity contribution in [3.8, 4) is 23.1 Å². The second kappa shape index (κ2) is 9.33. The van der Waals surface area contributed by atoms with Crippen LogP contribution in [0.1, 0.15) is 15.9 Å². The molecule has 0 aliphatic carbocycles. The van der Waals surface area contributed by atoms with E-state index in [-0.39, 0.29) is 12.5 Å². The van der Waals surface area contributed by atoms with Gasteiger partial charge in [-0.1, -0.05) is 60.7 Å². The van der Waals surface area contributed by atoms with Crippen molar-refractivity contribution in [2.75, 3.05) is 6.61 Å². The van der Waals surface area contributed by atoms with E-state index in [0.717, 1.165) is 16.5 Å². The third-order valence-electron chi connectivity index (χ3n) is 4.61. The van der Waals surface area contributed by atoms with Crippen molar-refractivity contribution in [3.05, 3.63) is 96.1 Å². The van der Waals surface area contributed by atoms with Gasteiger partial charge in [-0.05, 0) is 24.3 Å². The molecule has 0 radical (unpaired) electrons. The van der Waals surface area contributed by atoms with E-state index in [4.69, 9.17) is 15.0 Å². The van der Waals surface area contributed by atoms with Gasteiger partial charge < -0.3 is 4.74 Å². The number of hydrogen-bond acceptors (Lipinski definition) is 5. The Hall–Kier alpha value is -4.50. The van der Waals surface area contributed by atoms with Crippen molar-refractivity contribution in [1.82, 2.24) is 10.4 Å². The van der Waals surface area contributed by atoms with E-state index in [1.165, 1.54) is 6.21 Å². The fourth-order valence-corrected chi connectivity index (χ4v) is 3.17. The fourth-order valence-electron chi connectivity index (χ4n) is 3.17. The van der Waals surface area contributed by atoms with Gasteiger partial charge in [0.2, 0.25) is 0 Å². The van der Waals surface area contributed by atoms with Crippen LogP contribution in [-0.4, -0.2) is 23.7 Å². The molecule has 31 heavy (non-hydrogen) atoms. The first-order chi connectivity index (χ1) is 15.3. The maximum Gasteiger partial charge on any atom is 0.272 e. The average Bonchev–Trinajstić information content (AvgIpc) is 2.83. The summed E-state index contributed by atoms with van der Waals surface area (Å²) in [6.45, 7) is -0.0670. The van der Waals surface area contributed by atoms with Crippen LogP contribution in [0.4, 0.5) is 0 Å². The summed E-state index contributed by atoms with van der Waals surface area (Å²) in [6.07, 6.45) is 1.49. The molecule has 1 aromatic heterocycles. The molecule has 0 aliphatic rings. The summed E-state index contributed by atoms with van der Waals surface area (Å²) in [5.74, 6) is 0.172. The summed E-state index contributed by atoms with van der Waals surface area (Å²) in [7, 11) is 0. The van der Waals surface area contributed by atoms with Crippen LogP contribution in [0.5, 0.6) is 5.75 Å². The van der Waals surface area contributed by atoms with Gasteiger partial charge >= 0.3 is 0 Å². The molecule has 0 spiro atoms. The Morgan fingerprint density at radius 2 is 1.77 bits per heavy atom. The van der Waals surface area contributed by atoms with E-state index in [1.807, 2.05) is 66.7 Å². The van der Waals surface area contributed by atoms with Gasteiger partial charge in [0.05, 0.1) is 23.0 Å². The van der Waals surface area contributed by atoms with Crippen molar-refractivity contribution < 1.29 is 9.53 Å². The highest BCUT2D eigenvalue weighted by Gasteiger charge is 2.13. The molecule has 3 aromatic carbocycles. The van der Waals surface area contributed by atoms with Gasteiger partial charge in [0.1, 0.15) is 11.8 Å². The first-order valence-electron chi connectivity index (χ1n) is 9.63. The molecule has 0 aliphatic heterocycles. The highest BCUT2D eigenvalue weighted by molar-refractivity contribution is 6.07. The van der Waals surface area contributed by atoms with E-state index in [0.29, 0.717) is 22.6 Å². The van der Waals surface area contributed by atoms with Crippen molar-refractivity contribution in [2.24, 2.45) is 5.10 Å². The molecule has 1 amide bonds. The number of hydrogen-bond donors (Lipinski definition) is 1. The number of ether oxygens (including phenoxy) is 1. The molecule has 0 unspecified atom stereocenters. The number of para-hydroxylation sites is 2. The number of nitriles is 1. The Morgan fingerprint density at radius 3 is 2.61 bits per heavy atom. The molecule has 4 aromatic rings. The highest BCUT2D eigenvalue weighted by atomic mass is 16.5. The Morgan fingerprint density at radius 1 is 1.03 bits per heavy atom. The average molecular weight is 406 g/mol. The Bertz CT molecular complexity index is 1290. The standard InChI is InChI=1S/C25H18N4O2/c26-14-15-31-24-13-7-4-10-19(24)17-27-29-25(30)21-16-23(18-8-2-1-3-9-18)28-22-12-6-5-11-20(21)22/h1-13,16-17H,15H2,(H,29,30)/b27-17+. The molecule has 0 bridgehead atoms. The molecule has 0 atom stereocenters. The number of nitrogens with zero attached hydrogens (tertiary/aromatic N) is 3. The molecule has 150 valence electrons. The summed E-state index contributed by atoms with van der Waals surface area (Å²) < 4.78 is 5.38. The van der Waals surface area contributed by atoms with Crippen LogP contribution in [0.2, 0.25) is 0 Å². The smallest absolute Gasteiger partial charge is 0.272 e. The third kappa shape index (κ3) is 4.57. The molecule has 4 rings (SSSR count). The Balaban J connectivity index is 1.63. The molecule has 1 heterocycles. The summed E-state index contributed by atoms with van der Waals surface area (Å²) in [5.41, 5.74) is 6.09. The first-order valence-corrected chi connectivity index (χ1v) is 9.63. The largest absolute Gasteiger partial charge is 0.478 e. The number of hydrazone groups is 1. The van der Waals surface area contributed by atoms with Gasteiger partial charge in [-0.25, -0.2) is 10.4 Å². The lowest BCUT2D eigenvalue weighted by molar-refractivity contribution is 0.0956. The summed E-state index contributed by atoms with van der Waals surface area (Å²) >= 11 is 0. The minimum absolute atomic E-state index is 0.0670. The quantitative estimate of drug-likeness (QED) is 0.375. The minimum atomic E-state index is -0.345. The number of nitrogens with one attached hydrogen (secondary N) is 1. The number of fused-ring (bicyclic) bond motifs is 1. The number of aromatic nitrogens is 1. The van der Waals surface area contributed by atoms with Crippen LogP contribution in [0.15, 0.2) is 90.0 Å². The lowest BCUT2D eigenvalue weighted by atomic mass is 10.0. The van der Waals surface area contributed by atoms with E-state index in [1.54, 1.807) is 24.3 Å². The second-order valence-electron chi connectivity index (χ2n) is 6.62. The predicted octanol–water partition coefficient (Wildman–Crippen LogP) is 4.57. The van der Waals surface area contributed by atoms with Crippen LogP contribution in [0.25, 0.3) is 22.2 Å². The zero-order valence-corrected chi connectivity index (χ0v) is 16.5. The first kappa shape index (κ1) is 19.8. The molecular formula is C25H18N4O2. The van der Waals surface area contributed by atoms with Crippen LogP contribution in [0.3, 0.4) is 0 Å². The molecule has 1 N–H and O–H groups in total. The van der Waals surface area contributed by atoms with Crippen LogP contribution < -0.4 is 10.2 Å². The van der Waals surface area contributed by atoms with Gasteiger partial charge in [0, 0.05) is 16.5 Å². The number of pyridine rings is 1. The zero-order chi connectivity index (χ0) is 21.5. The van der Waals surface area contributed by atoms with Gasteiger partial charge in [0.25, 0.3) is 5.91 Å². The molecular weight excluding hydrogens is 388 g/mol. The molecule has 0 fully saturated rings. The molecule has 0 saturated carbocycles. The predicted molar refractivity (Wildman–Crippen MR) is 120 cm³/mol. The maximum atomic E-state index is 13.0. The van der Waals surface area contributed by atoms with E-state index < -0.39 is 0 Å². The number of benzene rings is 3. The fraction of sp³-hybridized carbons (Fsp3) is 0.0400. The van der Waals surface area contributed by atoms with Gasteiger partial charge in [-0.2, -0.15) is 10.4 Å². The topological polar surface area (TPSA) is 87.4 Å². The van der Waals surface area contributed by atoms with E-state index in [2.05, 4.69) is 10.5 Å². The lowest BCUT2D eigenvalue weighted by Crippen LogP contribution is -2.18. The van der Waals surface area contributed by atoms with Crippen molar-refractivity contribution >= 4 is 23.0 Å². The van der Waals surface area contributed by atoms with E-state index >= 15 is 0 Å². The zero-order valence-electron chi connectivity index (χ0n) is 16.5. The van der Waals surface area contributed by atoms with Crippen molar-refractivity contribution in [1.29, 1.82) is 5.26 Å². The molecule has 6 heteroatoms. The van der Waals surface area contributed by atoms with Crippen LogP contribution in [-0.2, 0) is 0 Å². The van der Waals surface area contributed by atoms with Gasteiger partial charge in [-0.3, -0.25) is 4.79 Å². The van der Waals surface area contributed by atoms with Gasteiger partial charge in [-0.15, -0.1) is 0 Å². The summed E-state index contributed by atoms with van der Waals surface area (Å²) in [6, 6.07) is 28.1. The monoisotopic (exact) mass is 406 g/mol. The molecule has 6 nitrogen and oxygen atoms in total. The van der Waals surface area contributed by atoms with Gasteiger partial charge in [0.15, 0.2) is 6.61 Å². The Labute approximate surface area is 179 Å². The number of rotatable bonds is 6. The third-order valence-corrected chi connectivity index (χ3v) is 4.61. The SMILES string of the molecule is N#CCOc1ccccc1/C=N/NC(=O)c1cc(-c2ccccc2)nc2ccccc12. The highest BCUT2D eigenvalue weighted by Crippen LogP contribution is 2.24. The maximum absolute atomic E-state index is 13.0. The normalized spacial score (nSPS) is 10.7. The van der Waals surface area contributed by atoms with Crippen LogP contribution >= 0.6 is 0 Å². The summed E-state index contributed by atoms with van der Waals surface area (Å²) in [4.78, 5) is 17.7. The van der Waals surface area contributed by atoms with Crippen molar-refractivity contribution in [2.45, 2.75) is 0 Å². The minimum Gasteiger partial charge on any atom is -0.478 e. The number of carbonyl (C=O) groups excluding carboxylic acids is 1. The van der Waals surface area contributed by atoms with E-state index in [9.17, 15) is 4.79 Å². The lowest BCUT2D eigenvalue weighted by Gasteiger charge is -2.09. The van der Waals surface area contributed by atoms with Crippen molar-refractivity contribution in [3.63, 3.8) is 0 Å².